The molecule has 4 aromatic rings. The van der Waals surface area contributed by atoms with E-state index in [0.29, 0.717) is 39.2 Å². The molecule has 0 aromatic heterocycles. The summed E-state index contributed by atoms with van der Waals surface area (Å²) in [6.07, 6.45) is -0.803. The standard InChI is InChI=1S/C45H59NO9P2/c1-5-42(49-30-38-18-10-6-11-19-38)44(51-32-40-22-14-8-15-23-40)37(3)29-54-57(47,53-27-26-46-4)55-34-43(50-31-39-20-12-7-13-21-39)45(36(2)28-48-35-56)52-33-41-24-16-9-17-25-41/h6-25,36-37,42-45H,5,26-35,56H2,1-3H3/t36-,37-,42+,43+,44-,45-,57?/m1/s1. The summed E-state index contributed by atoms with van der Waals surface area (Å²) < 4.78 is 64.4. The Balaban J connectivity index is 1.54. The van der Waals surface area contributed by atoms with Crippen LogP contribution >= 0.6 is 17.1 Å². The minimum absolute atomic E-state index is 0.0134. The van der Waals surface area contributed by atoms with Crippen LogP contribution in [0.5, 0.6) is 0 Å². The number of hydrogen-bond acceptors (Lipinski definition) is 9. The van der Waals surface area contributed by atoms with E-state index in [1.54, 1.807) is 0 Å². The molecule has 308 valence electrons. The number of nitrogens with zero attached hydrogens (tertiary/aromatic N) is 1. The molecule has 0 radical (unpaired) electrons. The molecule has 0 aliphatic carbocycles. The Morgan fingerprint density at radius 3 is 1.42 bits per heavy atom. The van der Waals surface area contributed by atoms with Gasteiger partial charge in [0.1, 0.15) is 12.7 Å². The van der Waals surface area contributed by atoms with Gasteiger partial charge in [0.2, 0.25) is 6.54 Å². The summed E-state index contributed by atoms with van der Waals surface area (Å²) in [6, 6.07) is 39.6. The smallest absolute Gasteiger partial charge is 0.377 e. The number of hydrogen-bond donors (Lipinski definition) is 0. The van der Waals surface area contributed by atoms with E-state index in [1.165, 1.54) is 0 Å². The topological polar surface area (TPSA) is 95.3 Å². The van der Waals surface area contributed by atoms with Crippen molar-refractivity contribution < 1.29 is 41.8 Å². The summed E-state index contributed by atoms with van der Waals surface area (Å²) in [6.45, 7) is 14.8. The van der Waals surface area contributed by atoms with Crippen LogP contribution in [0.15, 0.2) is 121 Å². The highest BCUT2D eigenvalue weighted by molar-refractivity contribution is 7.48. The van der Waals surface area contributed by atoms with Crippen LogP contribution < -0.4 is 0 Å². The SMILES string of the molecule is [C-]#[N+]CCOP(=O)(OC[C@@H](C)[C@@H](OCc1ccccc1)[C@H](CC)OCc1ccccc1)OC[C@H](OCc1ccccc1)[C@H](OCc1ccccc1)[C@H](C)COCP. The molecular formula is C45H59NO9P2. The molecule has 10 nitrogen and oxygen atoms in total. The van der Waals surface area contributed by atoms with Crippen LogP contribution in [-0.4, -0.2) is 63.7 Å². The molecule has 0 saturated carbocycles. The van der Waals surface area contributed by atoms with E-state index in [2.05, 4.69) is 21.0 Å². The Morgan fingerprint density at radius 1 is 0.579 bits per heavy atom. The molecule has 12 heteroatoms. The molecule has 57 heavy (non-hydrogen) atoms. The minimum Gasteiger partial charge on any atom is -0.377 e. The molecule has 2 unspecified atom stereocenters. The summed E-state index contributed by atoms with van der Waals surface area (Å²) in [5, 5.41) is 0. The van der Waals surface area contributed by atoms with E-state index >= 15 is 0 Å². The van der Waals surface area contributed by atoms with Gasteiger partial charge in [-0.25, -0.2) is 11.1 Å². The van der Waals surface area contributed by atoms with Gasteiger partial charge in [0, 0.05) is 11.8 Å². The van der Waals surface area contributed by atoms with Crippen LogP contribution in [0.3, 0.4) is 0 Å². The average molecular weight is 820 g/mol. The maximum absolute atomic E-state index is 14.5. The van der Waals surface area contributed by atoms with Crippen LogP contribution in [0, 0.1) is 18.4 Å². The van der Waals surface area contributed by atoms with Crippen molar-refractivity contribution in [3.63, 3.8) is 0 Å². The first kappa shape index (κ1) is 46.4. The van der Waals surface area contributed by atoms with Gasteiger partial charge in [0.05, 0.1) is 70.9 Å². The van der Waals surface area contributed by atoms with Crippen LogP contribution in [0.25, 0.3) is 4.85 Å². The van der Waals surface area contributed by atoms with E-state index in [9.17, 15) is 4.57 Å². The van der Waals surface area contributed by atoms with E-state index in [4.69, 9.17) is 43.8 Å². The van der Waals surface area contributed by atoms with Gasteiger partial charge in [0.15, 0.2) is 0 Å². The van der Waals surface area contributed by atoms with Gasteiger partial charge in [-0.15, -0.1) is 9.24 Å². The third kappa shape index (κ3) is 17.2. The van der Waals surface area contributed by atoms with Crippen molar-refractivity contribution in [1.82, 2.24) is 0 Å². The van der Waals surface area contributed by atoms with Crippen LogP contribution in [0.4, 0.5) is 0 Å². The molecule has 0 saturated heterocycles. The molecule has 4 aromatic carbocycles. The van der Waals surface area contributed by atoms with Gasteiger partial charge < -0.3 is 28.5 Å². The highest BCUT2D eigenvalue weighted by atomic mass is 31.2. The highest BCUT2D eigenvalue weighted by Crippen LogP contribution is 2.50. The van der Waals surface area contributed by atoms with E-state index in [-0.39, 0.29) is 50.9 Å². The largest absolute Gasteiger partial charge is 0.475 e. The lowest BCUT2D eigenvalue weighted by molar-refractivity contribution is -0.131. The monoisotopic (exact) mass is 819 g/mol. The molecule has 0 amide bonds. The maximum Gasteiger partial charge on any atom is 0.475 e. The number of phosphoric ester groups is 1. The van der Waals surface area contributed by atoms with Gasteiger partial charge in [-0.2, -0.15) is 0 Å². The van der Waals surface area contributed by atoms with Gasteiger partial charge >= 0.3 is 7.82 Å². The lowest BCUT2D eigenvalue weighted by atomic mass is 9.98. The lowest BCUT2D eigenvalue weighted by Gasteiger charge is -2.33. The van der Waals surface area contributed by atoms with Crippen molar-refractivity contribution in [3.05, 3.63) is 155 Å². The van der Waals surface area contributed by atoms with Crippen molar-refractivity contribution >= 4 is 17.1 Å². The highest BCUT2D eigenvalue weighted by Gasteiger charge is 2.37. The van der Waals surface area contributed by atoms with E-state index in [1.807, 2.05) is 135 Å². The van der Waals surface area contributed by atoms with Crippen LogP contribution in [0.1, 0.15) is 49.4 Å². The number of ether oxygens (including phenoxy) is 5. The fourth-order valence-electron chi connectivity index (χ4n) is 6.17. The third-order valence-corrected chi connectivity index (χ3v) is 10.9. The number of benzene rings is 4. The first-order chi connectivity index (χ1) is 27.8. The van der Waals surface area contributed by atoms with Crippen LogP contribution in [0.2, 0.25) is 0 Å². The van der Waals surface area contributed by atoms with Crippen molar-refractivity contribution in [2.75, 3.05) is 39.3 Å². The summed E-state index contributed by atoms with van der Waals surface area (Å²) in [5.74, 6) is -0.432. The molecule has 0 spiro atoms. The first-order valence-electron chi connectivity index (χ1n) is 19.6. The van der Waals surface area contributed by atoms with Crippen molar-refractivity contribution in [3.8, 4) is 0 Å². The van der Waals surface area contributed by atoms with Crippen LogP contribution in [-0.2, 0) is 68.2 Å². The molecule has 8 atom stereocenters. The third-order valence-electron chi connectivity index (χ3n) is 9.28. The molecule has 0 bridgehead atoms. The molecule has 4 rings (SSSR count). The molecule has 0 N–H and O–H groups in total. The second-order valence-electron chi connectivity index (χ2n) is 13.8. The zero-order valence-electron chi connectivity index (χ0n) is 33.4. The Kier molecular flexibility index (Phi) is 21.7. The predicted molar refractivity (Wildman–Crippen MR) is 226 cm³/mol. The average Bonchev–Trinajstić information content (AvgIpc) is 3.25. The van der Waals surface area contributed by atoms with Gasteiger partial charge in [0.25, 0.3) is 0 Å². The molecule has 0 heterocycles. The second kappa shape index (κ2) is 26.7. The Bertz CT molecular complexity index is 1720. The van der Waals surface area contributed by atoms with Gasteiger partial charge in [-0.05, 0) is 28.7 Å². The zero-order chi connectivity index (χ0) is 40.6. The summed E-state index contributed by atoms with van der Waals surface area (Å²) >= 11 is 0. The fourth-order valence-corrected chi connectivity index (χ4v) is 7.59. The van der Waals surface area contributed by atoms with Gasteiger partial charge in [-0.3, -0.25) is 13.6 Å². The van der Waals surface area contributed by atoms with Crippen molar-refractivity contribution in [2.24, 2.45) is 11.8 Å². The maximum atomic E-state index is 14.5. The Morgan fingerprint density at radius 2 is 0.982 bits per heavy atom. The first-order valence-corrected chi connectivity index (χ1v) is 21.9. The molecule has 0 fully saturated rings. The Labute approximate surface area is 342 Å². The number of phosphoric acid groups is 1. The minimum atomic E-state index is -4.25. The summed E-state index contributed by atoms with van der Waals surface area (Å²) in [7, 11) is -1.68. The molecule has 0 aliphatic heterocycles. The lowest BCUT2D eigenvalue weighted by Crippen LogP contribution is -2.41. The normalized spacial score (nSPS) is 15.8. The summed E-state index contributed by atoms with van der Waals surface area (Å²) in [4.78, 5) is 3.38. The van der Waals surface area contributed by atoms with Gasteiger partial charge in [-0.1, -0.05) is 142 Å². The summed E-state index contributed by atoms with van der Waals surface area (Å²) in [5.41, 5.74) is 4.03. The van der Waals surface area contributed by atoms with E-state index in [0.717, 1.165) is 22.3 Å². The zero-order valence-corrected chi connectivity index (χ0v) is 35.5. The predicted octanol–water partition coefficient (Wildman–Crippen LogP) is 9.94. The fraction of sp³-hybridized carbons (Fsp3) is 0.444. The van der Waals surface area contributed by atoms with E-state index < -0.39 is 26.1 Å². The van der Waals surface area contributed by atoms with Crippen molar-refractivity contribution in [2.45, 2.75) is 78.0 Å². The second-order valence-corrected chi connectivity index (χ2v) is 15.8. The Hall–Kier alpha value is -3.29. The van der Waals surface area contributed by atoms with Crippen molar-refractivity contribution in [1.29, 1.82) is 0 Å². The molecule has 0 aliphatic rings. The molecular weight excluding hydrogens is 760 g/mol. The quantitative estimate of drug-likeness (QED) is 0.0302. The number of rotatable bonds is 29.